The fraction of sp³-hybridized carbons (Fsp3) is 0.400. The number of rotatable bonds is 3. The Balaban J connectivity index is 2.16. The summed E-state index contributed by atoms with van der Waals surface area (Å²) in [6.45, 7) is 8.36. The Hall–Kier alpha value is -1.41. The Morgan fingerprint density at radius 2 is 1.17 bits per heavy atom. The monoisotopic (exact) mass is 344 g/mol. The van der Waals surface area contributed by atoms with Crippen molar-refractivity contribution in [2.75, 3.05) is 0 Å². The van der Waals surface area contributed by atoms with Gasteiger partial charge in [-0.15, -0.1) is 0 Å². The smallest absolute Gasteiger partial charge is 0.297 e. The average Bonchev–Trinajstić information content (AvgIpc) is 2.72. The zero-order valence-electron chi connectivity index (χ0n) is 14.7. The maximum absolute atomic E-state index is 13.7. The normalized spacial score (nSPS) is 23.1. The molecule has 2 aromatic rings. The van der Waals surface area contributed by atoms with Gasteiger partial charge < -0.3 is 0 Å². The van der Waals surface area contributed by atoms with Gasteiger partial charge in [-0.25, -0.2) is 0 Å². The van der Waals surface area contributed by atoms with Crippen LogP contribution in [0.15, 0.2) is 54.6 Å². The molecule has 1 aliphatic heterocycles. The number of hydrogen-bond donors (Lipinski definition) is 0. The van der Waals surface area contributed by atoms with Crippen molar-refractivity contribution in [3.05, 3.63) is 65.7 Å². The van der Waals surface area contributed by atoms with Crippen molar-refractivity contribution in [3.8, 4) is 0 Å². The molecule has 0 saturated heterocycles. The number of hydrogen-bond acceptors (Lipinski definition) is 3. The van der Waals surface area contributed by atoms with Crippen LogP contribution >= 0.6 is 7.60 Å². The molecule has 0 spiro atoms. The minimum atomic E-state index is -3.41. The van der Waals surface area contributed by atoms with Crippen LogP contribution in [0.2, 0.25) is 0 Å². The number of fused-ring (bicyclic) bond motifs is 1. The van der Waals surface area contributed by atoms with Gasteiger partial charge in [0.1, 0.15) is 0 Å². The molecule has 3 nitrogen and oxygen atoms in total. The van der Waals surface area contributed by atoms with Crippen LogP contribution < -0.4 is 5.30 Å². The fourth-order valence-corrected chi connectivity index (χ4v) is 5.30. The first-order chi connectivity index (χ1) is 11.4. The Labute approximate surface area is 144 Å². The summed E-state index contributed by atoms with van der Waals surface area (Å²) in [5, 5.41) is 0.620. The van der Waals surface area contributed by atoms with Gasteiger partial charge in [-0.05, 0) is 35.1 Å². The third kappa shape index (κ3) is 3.21. The topological polar surface area (TPSA) is 35.5 Å². The molecular weight excluding hydrogens is 319 g/mol. The summed E-state index contributed by atoms with van der Waals surface area (Å²) in [6, 6.07) is 17.4. The summed E-state index contributed by atoms with van der Waals surface area (Å²) in [4.78, 5) is 0. The van der Waals surface area contributed by atoms with Crippen LogP contribution in [0.25, 0.3) is 0 Å². The molecule has 0 amide bonds. The molecule has 0 bridgehead atoms. The minimum Gasteiger partial charge on any atom is -0.297 e. The van der Waals surface area contributed by atoms with Crippen LogP contribution in [0.4, 0.5) is 0 Å². The van der Waals surface area contributed by atoms with Gasteiger partial charge in [-0.1, -0.05) is 70.2 Å². The molecule has 0 unspecified atom stereocenters. The summed E-state index contributed by atoms with van der Waals surface area (Å²) in [5.74, 6) is 0.385. The van der Waals surface area contributed by atoms with E-state index in [0.29, 0.717) is 5.30 Å². The van der Waals surface area contributed by atoms with Crippen molar-refractivity contribution >= 4 is 12.9 Å². The molecule has 0 radical (unpaired) electrons. The zero-order chi connectivity index (χ0) is 17.3. The maximum atomic E-state index is 13.7. The van der Waals surface area contributed by atoms with Crippen LogP contribution in [0.3, 0.4) is 0 Å². The van der Waals surface area contributed by atoms with Gasteiger partial charge in [0.05, 0.1) is 17.5 Å². The molecule has 3 rings (SSSR count). The predicted octanol–water partition coefficient (Wildman–Crippen LogP) is 5.65. The Morgan fingerprint density at radius 1 is 0.750 bits per heavy atom. The lowest BCUT2D eigenvalue weighted by molar-refractivity contribution is 0.0982. The highest BCUT2D eigenvalue weighted by atomic mass is 31.2. The lowest BCUT2D eigenvalue weighted by Gasteiger charge is -2.26. The molecule has 0 aromatic heterocycles. The third-order valence-electron chi connectivity index (χ3n) is 4.40. The predicted molar refractivity (Wildman–Crippen MR) is 97.5 cm³/mol. The van der Waals surface area contributed by atoms with E-state index in [1.165, 1.54) is 0 Å². The zero-order valence-corrected chi connectivity index (χ0v) is 15.6. The van der Waals surface area contributed by atoms with Gasteiger partial charge in [0, 0.05) is 0 Å². The molecular formula is C20H25O3P. The highest BCUT2D eigenvalue weighted by Gasteiger charge is 2.41. The fourth-order valence-electron chi connectivity index (χ4n) is 3.16. The van der Waals surface area contributed by atoms with E-state index in [9.17, 15) is 4.57 Å². The Morgan fingerprint density at radius 3 is 1.58 bits per heavy atom. The molecule has 128 valence electrons. The molecule has 0 N–H and O–H groups in total. The average molecular weight is 344 g/mol. The van der Waals surface area contributed by atoms with Crippen molar-refractivity contribution in [1.82, 2.24) is 0 Å². The van der Waals surface area contributed by atoms with E-state index < -0.39 is 7.60 Å². The van der Waals surface area contributed by atoms with Crippen molar-refractivity contribution in [3.63, 3.8) is 0 Å². The first-order valence-electron chi connectivity index (χ1n) is 8.53. The molecule has 0 aliphatic carbocycles. The largest absolute Gasteiger partial charge is 0.362 e. The lowest BCUT2D eigenvalue weighted by Crippen LogP contribution is -2.15. The van der Waals surface area contributed by atoms with Crippen molar-refractivity contribution in [1.29, 1.82) is 0 Å². The second-order valence-electron chi connectivity index (χ2n) is 7.00. The lowest BCUT2D eigenvalue weighted by atomic mass is 9.89. The van der Waals surface area contributed by atoms with Crippen LogP contribution in [-0.2, 0) is 13.6 Å². The van der Waals surface area contributed by atoms with Gasteiger partial charge in [0.2, 0.25) is 0 Å². The molecule has 0 fully saturated rings. The third-order valence-corrected chi connectivity index (χ3v) is 6.34. The molecule has 1 heterocycles. The standard InChI is InChI=1S/C20H25O3P/c1-14(2)19-17-12-8-9-13-18(17)20(15(3)4)23-24(21,22-19)16-10-6-5-7-11-16/h5-15,19-20H,1-4H3/t19-,20-/m0/s1. The van der Waals surface area contributed by atoms with Crippen LogP contribution in [0.5, 0.6) is 0 Å². The molecule has 24 heavy (non-hydrogen) atoms. The maximum Gasteiger partial charge on any atom is 0.362 e. The van der Waals surface area contributed by atoms with Gasteiger partial charge in [0.15, 0.2) is 0 Å². The SMILES string of the molecule is CC(C)[C@@H]1OP(=O)(c2ccccc2)O[C@@H](C(C)C)c2ccccc21. The van der Waals surface area contributed by atoms with Gasteiger partial charge in [0.25, 0.3) is 0 Å². The van der Waals surface area contributed by atoms with Gasteiger partial charge >= 0.3 is 7.60 Å². The van der Waals surface area contributed by atoms with Crippen molar-refractivity contribution in [2.24, 2.45) is 11.8 Å². The Kier molecular flexibility index (Phi) is 4.96. The quantitative estimate of drug-likeness (QED) is 0.675. The molecule has 4 heteroatoms. The van der Waals surface area contributed by atoms with E-state index in [1.807, 2.05) is 42.5 Å². The summed E-state index contributed by atoms with van der Waals surface area (Å²) >= 11 is 0. The summed E-state index contributed by atoms with van der Waals surface area (Å²) in [6.07, 6.45) is -0.507. The van der Waals surface area contributed by atoms with Crippen LogP contribution in [-0.4, -0.2) is 0 Å². The highest BCUT2D eigenvalue weighted by Crippen LogP contribution is 2.59. The molecule has 2 aromatic carbocycles. The number of benzene rings is 2. The second kappa shape index (κ2) is 6.84. The molecule has 0 saturated carbocycles. The summed E-state index contributed by atoms with van der Waals surface area (Å²) < 4.78 is 26.1. The van der Waals surface area contributed by atoms with Gasteiger partial charge in [-0.2, -0.15) is 0 Å². The van der Waals surface area contributed by atoms with Crippen LogP contribution in [0, 0.1) is 11.8 Å². The molecule has 2 atom stereocenters. The van der Waals surface area contributed by atoms with E-state index in [4.69, 9.17) is 9.05 Å². The Bertz CT molecular complexity index is 699. The van der Waals surface area contributed by atoms with E-state index in [0.717, 1.165) is 11.1 Å². The van der Waals surface area contributed by atoms with Gasteiger partial charge in [-0.3, -0.25) is 13.6 Å². The first kappa shape index (κ1) is 17.4. The second-order valence-corrected chi connectivity index (χ2v) is 8.93. The summed E-state index contributed by atoms with van der Waals surface area (Å²) in [5.41, 5.74) is 2.17. The first-order valence-corrected chi connectivity index (χ1v) is 10.1. The van der Waals surface area contributed by atoms with Crippen molar-refractivity contribution in [2.45, 2.75) is 39.9 Å². The van der Waals surface area contributed by atoms with E-state index in [2.05, 4.69) is 39.8 Å². The minimum absolute atomic E-state index is 0.192. The summed E-state index contributed by atoms with van der Waals surface area (Å²) in [7, 11) is -3.41. The van der Waals surface area contributed by atoms with Crippen LogP contribution in [0.1, 0.15) is 51.0 Å². The van der Waals surface area contributed by atoms with E-state index in [-0.39, 0.29) is 24.0 Å². The van der Waals surface area contributed by atoms with Crippen molar-refractivity contribution < 1.29 is 13.6 Å². The van der Waals surface area contributed by atoms with E-state index >= 15 is 0 Å². The van der Waals surface area contributed by atoms with E-state index in [1.54, 1.807) is 0 Å². The molecule has 1 aliphatic rings. The highest BCUT2D eigenvalue weighted by molar-refractivity contribution is 7.62.